The zero-order valence-electron chi connectivity index (χ0n) is 10.8. The van der Waals surface area contributed by atoms with Crippen molar-refractivity contribution in [1.29, 1.82) is 0 Å². The molecule has 1 N–H and O–H groups in total. The van der Waals surface area contributed by atoms with Crippen LogP contribution < -0.4 is 0 Å². The summed E-state index contributed by atoms with van der Waals surface area (Å²) in [4.78, 5) is 27.1. The van der Waals surface area contributed by atoms with Gasteiger partial charge in [-0.25, -0.2) is 4.79 Å². The molecule has 1 aromatic rings. The number of benzene rings is 1. The van der Waals surface area contributed by atoms with Crippen LogP contribution >= 0.6 is 15.9 Å². The average molecular weight is 339 g/mol. The van der Waals surface area contributed by atoms with Crippen molar-refractivity contribution in [2.45, 2.75) is 25.0 Å². The highest BCUT2D eigenvalue weighted by Crippen LogP contribution is 2.29. The zero-order valence-corrected chi connectivity index (χ0v) is 12.4. The van der Waals surface area contributed by atoms with Crippen LogP contribution in [0.4, 0.5) is 4.79 Å². The van der Waals surface area contributed by atoms with E-state index in [1.807, 2.05) is 12.1 Å². The van der Waals surface area contributed by atoms with E-state index < -0.39 is 6.10 Å². The molecular formula is C14H15BrN2O3. The second kappa shape index (κ2) is 5.18. The van der Waals surface area contributed by atoms with E-state index in [2.05, 4.69) is 15.9 Å². The van der Waals surface area contributed by atoms with E-state index in [4.69, 9.17) is 0 Å². The number of aliphatic hydroxyl groups excluding tert-OH is 1. The lowest BCUT2D eigenvalue weighted by atomic mass is 10.1. The second-order valence-corrected chi connectivity index (χ2v) is 6.07. The summed E-state index contributed by atoms with van der Waals surface area (Å²) in [6, 6.07) is 6.63. The summed E-state index contributed by atoms with van der Waals surface area (Å²) in [5, 5.41) is 10.2. The van der Waals surface area contributed by atoms with Crippen LogP contribution in [-0.2, 0) is 4.79 Å². The Hall–Kier alpha value is -1.40. The molecule has 0 aromatic heterocycles. The van der Waals surface area contributed by atoms with Crippen LogP contribution in [-0.4, -0.2) is 46.0 Å². The fourth-order valence-corrected chi connectivity index (χ4v) is 3.08. The van der Waals surface area contributed by atoms with Gasteiger partial charge in [0.1, 0.15) is 6.04 Å². The van der Waals surface area contributed by atoms with Crippen LogP contribution in [0, 0.1) is 0 Å². The van der Waals surface area contributed by atoms with Gasteiger partial charge in [0.05, 0.1) is 12.6 Å². The first kappa shape index (κ1) is 13.6. The molecule has 0 unspecified atom stereocenters. The smallest absolute Gasteiger partial charge is 0.327 e. The minimum Gasteiger partial charge on any atom is -0.387 e. The number of fused-ring (bicyclic) bond motifs is 1. The fourth-order valence-electron chi connectivity index (χ4n) is 2.81. The van der Waals surface area contributed by atoms with Crippen LogP contribution in [0.5, 0.6) is 0 Å². The van der Waals surface area contributed by atoms with Gasteiger partial charge in [0.2, 0.25) is 0 Å². The number of carbonyl (C=O) groups excluding carboxylic acids is 2. The van der Waals surface area contributed by atoms with Crippen LogP contribution in [0.1, 0.15) is 24.5 Å². The number of carbonyl (C=O) groups is 2. The maximum absolute atomic E-state index is 12.2. The van der Waals surface area contributed by atoms with Gasteiger partial charge >= 0.3 is 6.03 Å². The Morgan fingerprint density at radius 3 is 2.65 bits per heavy atom. The number of hydrogen-bond donors (Lipinski definition) is 1. The van der Waals surface area contributed by atoms with Crippen molar-refractivity contribution in [3.8, 4) is 0 Å². The third-order valence-corrected chi connectivity index (χ3v) is 4.42. The molecule has 2 aliphatic heterocycles. The number of hydrogen-bond acceptors (Lipinski definition) is 3. The first-order valence-electron chi connectivity index (χ1n) is 6.63. The van der Waals surface area contributed by atoms with Crippen LogP contribution in [0.2, 0.25) is 0 Å². The van der Waals surface area contributed by atoms with Crippen molar-refractivity contribution in [2.24, 2.45) is 0 Å². The molecule has 2 atom stereocenters. The van der Waals surface area contributed by atoms with Crippen molar-refractivity contribution in [1.82, 2.24) is 9.80 Å². The van der Waals surface area contributed by atoms with E-state index in [1.54, 1.807) is 17.0 Å². The van der Waals surface area contributed by atoms with Gasteiger partial charge in [-0.15, -0.1) is 0 Å². The third-order valence-electron chi connectivity index (χ3n) is 3.89. The molecule has 2 fully saturated rings. The number of halogens is 1. The molecule has 6 heteroatoms. The number of rotatable bonds is 3. The largest absolute Gasteiger partial charge is 0.387 e. The van der Waals surface area contributed by atoms with Crippen LogP contribution in [0.3, 0.4) is 0 Å². The van der Waals surface area contributed by atoms with Gasteiger partial charge in [-0.3, -0.25) is 9.69 Å². The molecule has 3 amide bonds. The standard InChI is InChI=1S/C14H15BrN2O3/c15-10-5-3-9(4-6-10)12(18)8-17-13(19)11-2-1-7-16(11)14(17)20/h3-6,11-12,18H,1-2,7-8H2/t11-,12+/m0/s1. The highest BCUT2D eigenvalue weighted by atomic mass is 79.9. The molecule has 0 saturated carbocycles. The van der Waals surface area contributed by atoms with Crippen molar-refractivity contribution in [3.63, 3.8) is 0 Å². The molecule has 5 nitrogen and oxygen atoms in total. The summed E-state index contributed by atoms with van der Waals surface area (Å²) in [6.07, 6.45) is 0.761. The zero-order chi connectivity index (χ0) is 14.3. The van der Waals surface area contributed by atoms with E-state index in [-0.39, 0.29) is 24.5 Å². The lowest BCUT2D eigenvalue weighted by molar-refractivity contribution is -0.128. The minimum atomic E-state index is -0.851. The molecule has 2 aliphatic rings. The first-order chi connectivity index (χ1) is 9.58. The summed E-state index contributed by atoms with van der Waals surface area (Å²) >= 11 is 3.33. The maximum Gasteiger partial charge on any atom is 0.327 e. The van der Waals surface area contributed by atoms with E-state index in [0.717, 1.165) is 17.3 Å². The highest BCUT2D eigenvalue weighted by Gasteiger charge is 2.47. The number of β-amino-alcohol motifs (C(OH)–C–C–N with tert-alkyl or cyclic N) is 1. The quantitative estimate of drug-likeness (QED) is 0.856. The Labute approximate surface area is 125 Å². The maximum atomic E-state index is 12.2. The monoisotopic (exact) mass is 338 g/mol. The third kappa shape index (κ3) is 2.23. The number of urea groups is 1. The predicted octanol–water partition coefficient (Wildman–Crippen LogP) is 1.91. The molecule has 2 saturated heterocycles. The van der Waals surface area contributed by atoms with Crippen molar-refractivity contribution < 1.29 is 14.7 Å². The molecule has 0 bridgehead atoms. The Morgan fingerprint density at radius 2 is 2.00 bits per heavy atom. The van der Waals surface area contributed by atoms with Crippen molar-refractivity contribution in [2.75, 3.05) is 13.1 Å². The van der Waals surface area contributed by atoms with E-state index in [0.29, 0.717) is 12.1 Å². The lowest BCUT2D eigenvalue weighted by Gasteiger charge is -2.19. The number of aliphatic hydroxyl groups is 1. The van der Waals surface area contributed by atoms with Gasteiger partial charge in [-0.1, -0.05) is 28.1 Å². The predicted molar refractivity (Wildman–Crippen MR) is 75.9 cm³/mol. The van der Waals surface area contributed by atoms with Gasteiger partial charge in [0.15, 0.2) is 0 Å². The summed E-state index contributed by atoms with van der Waals surface area (Å²) < 4.78 is 0.919. The Balaban J connectivity index is 1.73. The molecule has 0 aliphatic carbocycles. The highest BCUT2D eigenvalue weighted by molar-refractivity contribution is 9.10. The molecule has 1 aromatic carbocycles. The van der Waals surface area contributed by atoms with Crippen LogP contribution in [0.15, 0.2) is 28.7 Å². The molecule has 0 spiro atoms. The van der Waals surface area contributed by atoms with Gasteiger partial charge < -0.3 is 10.0 Å². The lowest BCUT2D eigenvalue weighted by Crippen LogP contribution is -2.36. The van der Waals surface area contributed by atoms with Crippen molar-refractivity contribution in [3.05, 3.63) is 34.3 Å². The van der Waals surface area contributed by atoms with E-state index in [1.165, 1.54) is 4.90 Å². The Kier molecular flexibility index (Phi) is 3.52. The van der Waals surface area contributed by atoms with Gasteiger partial charge in [-0.05, 0) is 30.5 Å². The van der Waals surface area contributed by atoms with Gasteiger partial charge in [-0.2, -0.15) is 0 Å². The SMILES string of the molecule is O=C1[C@@H]2CCCN2C(=O)N1C[C@@H](O)c1ccc(Br)cc1. The topological polar surface area (TPSA) is 60.9 Å². The molecular weight excluding hydrogens is 324 g/mol. The fraction of sp³-hybridized carbons (Fsp3) is 0.429. The van der Waals surface area contributed by atoms with Crippen LogP contribution in [0.25, 0.3) is 0 Å². The van der Waals surface area contributed by atoms with E-state index >= 15 is 0 Å². The summed E-state index contributed by atoms with van der Waals surface area (Å²) in [6.45, 7) is 0.659. The van der Waals surface area contributed by atoms with Crippen molar-refractivity contribution >= 4 is 27.9 Å². The summed E-state index contributed by atoms with van der Waals surface area (Å²) in [5.74, 6) is -0.177. The molecule has 3 rings (SSSR count). The Morgan fingerprint density at radius 1 is 1.30 bits per heavy atom. The van der Waals surface area contributed by atoms with Gasteiger partial charge in [0.25, 0.3) is 5.91 Å². The van der Waals surface area contributed by atoms with Gasteiger partial charge in [0, 0.05) is 11.0 Å². The molecule has 2 heterocycles. The van der Waals surface area contributed by atoms with E-state index in [9.17, 15) is 14.7 Å². The summed E-state index contributed by atoms with van der Waals surface area (Å²) in [7, 11) is 0. The normalized spacial score (nSPS) is 23.4. The number of imide groups is 1. The molecule has 106 valence electrons. The number of amides is 3. The average Bonchev–Trinajstić information content (AvgIpc) is 2.99. The Bertz CT molecular complexity index is 524. The second-order valence-electron chi connectivity index (χ2n) is 5.15. The molecule has 0 radical (unpaired) electrons. The molecule has 20 heavy (non-hydrogen) atoms. The minimum absolute atomic E-state index is 0.0201. The summed E-state index contributed by atoms with van der Waals surface area (Å²) in [5.41, 5.74) is 0.695. The number of nitrogens with zero attached hydrogens (tertiary/aromatic N) is 2. The first-order valence-corrected chi connectivity index (χ1v) is 7.43.